The number of aryl methyl sites for hydroxylation is 2. The van der Waals surface area contributed by atoms with Crippen LogP contribution in [0.1, 0.15) is 22.3 Å². The first kappa shape index (κ1) is 25.1. The van der Waals surface area contributed by atoms with Crippen molar-refractivity contribution in [1.82, 2.24) is 4.90 Å². The van der Waals surface area contributed by atoms with E-state index in [0.717, 1.165) is 29.0 Å². The molecule has 4 rings (SSSR count). The molecular formula is C25H20N2O7S2. The molecule has 0 aliphatic carbocycles. The van der Waals surface area contributed by atoms with Crippen LogP contribution in [0.3, 0.4) is 0 Å². The van der Waals surface area contributed by atoms with Crippen molar-refractivity contribution in [2.45, 2.75) is 25.3 Å². The molecule has 1 aliphatic heterocycles. The summed E-state index contributed by atoms with van der Waals surface area (Å²) >= 11 is 0.834. The molecule has 36 heavy (non-hydrogen) atoms. The van der Waals surface area contributed by atoms with E-state index in [4.69, 9.17) is 4.18 Å². The van der Waals surface area contributed by atoms with E-state index in [1.54, 1.807) is 6.08 Å². The molecule has 3 aromatic rings. The lowest BCUT2D eigenvalue weighted by molar-refractivity contribution is -0.385. The van der Waals surface area contributed by atoms with Crippen molar-refractivity contribution >= 4 is 44.8 Å². The van der Waals surface area contributed by atoms with Gasteiger partial charge in [-0.25, -0.2) is 0 Å². The zero-order valence-corrected chi connectivity index (χ0v) is 20.8. The SMILES string of the molecule is Cc1ccccc1CN1C(=O)S/C(=C\c2ccc(OS(=O)(=O)c3ccc(C)c([N+](=O)[O-])c3)cc2)C1=O. The highest BCUT2D eigenvalue weighted by atomic mass is 32.2. The van der Waals surface area contributed by atoms with Crippen molar-refractivity contribution in [3.8, 4) is 5.75 Å². The number of benzene rings is 3. The van der Waals surface area contributed by atoms with E-state index >= 15 is 0 Å². The monoisotopic (exact) mass is 524 g/mol. The summed E-state index contributed by atoms with van der Waals surface area (Å²) in [4.78, 5) is 36.8. The third-order valence-electron chi connectivity index (χ3n) is 5.51. The van der Waals surface area contributed by atoms with E-state index < -0.39 is 20.9 Å². The van der Waals surface area contributed by atoms with Gasteiger partial charge in [0, 0.05) is 11.6 Å². The highest BCUT2D eigenvalue weighted by molar-refractivity contribution is 8.18. The number of rotatable bonds is 7. The van der Waals surface area contributed by atoms with Gasteiger partial charge in [-0.2, -0.15) is 8.42 Å². The summed E-state index contributed by atoms with van der Waals surface area (Å²) in [5, 5.41) is 10.8. The van der Waals surface area contributed by atoms with Crippen molar-refractivity contribution in [1.29, 1.82) is 0 Å². The van der Waals surface area contributed by atoms with Gasteiger partial charge in [0.1, 0.15) is 10.6 Å². The maximum Gasteiger partial charge on any atom is 0.339 e. The van der Waals surface area contributed by atoms with Crippen LogP contribution >= 0.6 is 11.8 Å². The molecule has 0 N–H and O–H groups in total. The second-order valence-corrected chi connectivity index (χ2v) is 10.5. The lowest BCUT2D eigenvalue weighted by Crippen LogP contribution is -2.27. The number of thioether (sulfide) groups is 1. The lowest BCUT2D eigenvalue weighted by Gasteiger charge is -2.14. The Morgan fingerprint density at radius 2 is 1.69 bits per heavy atom. The van der Waals surface area contributed by atoms with Crippen LogP contribution < -0.4 is 4.18 Å². The van der Waals surface area contributed by atoms with E-state index in [0.29, 0.717) is 11.1 Å². The number of nitro benzene ring substituents is 1. The summed E-state index contributed by atoms with van der Waals surface area (Å²) < 4.78 is 30.3. The van der Waals surface area contributed by atoms with Crippen molar-refractivity contribution in [2.75, 3.05) is 0 Å². The fourth-order valence-corrected chi connectivity index (χ4v) is 5.27. The van der Waals surface area contributed by atoms with Gasteiger partial charge in [-0.1, -0.05) is 42.5 Å². The number of nitro groups is 1. The molecule has 1 aliphatic rings. The van der Waals surface area contributed by atoms with Gasteiger partial charge in [-0.05, 0) is 66.6 Å². The number of hydrogen-bond acceptors (Lipinski definition) is 8. The smallest absolute Gasteiger partial charge is 0.339 e. The van der Waals surface area contributed by atoms with Gasteiger partial charge >= 0.3 is 10.1 Å². The van der Waals surface area contributed by atoms with E-state index in [9.17, 15) is 28.1 Å². The van der Waals surface area contributed by atoms with E-state index in [2.05, 4.69) is 0 Å². The second-order valence-electron chi connectivity index (χ2n) is 8.01. The van der Waals surface area contributed by atoms with Gasteiger partial charge < -0.3 is 4.18 Å². The Kier molecular flexibility index (Phi) is 6.95. The summed E-state index contributed by atoms with van der Waals surface area (Å²) in [7, 11) is -4.31. The fourth-order valence-electron chi connectivity index (χ4n) is 3.48. The van der Waals surface area contributed by atoms with Crippen LogP contribution in [0.15, 0.2) is 76.5 Å². The Morgan fingerprint density at radius 1 is 1.00 bits per heavy atom. The van der Waals surface area contributed by atoms with Crippen LogP contribution in [0.4, 0.5) is 10.5 Å². The Morgan fingerprint density at radius 3 is 2.36 bits per heavy atom. The minimum Gasteiger partial charge on any atom is -0.379 e. The number of carbonyl (C=O) groups is 2. The molecule has 3 aromatic carbocycles. The predicted molar refractivity (Wildman–Crippen MR) is 135 cm³/mol. The van der Waals surface area contributed by atoms with Gasteiger partial charge in [0.25, 0.3) is 16.8 Å². The molecule has 0 saturated carbocycles. The van der Waals surface area contributed by atoms with Crippen LogP contribution in [0.5, 0.6) is 5.75 Å². The van der Waals surface area contributed by atoms with Crippen LogP contribution in [0.25, 0.3) is 6.08 Å². The third-order valence-corrected chi connectivity index (χ3v) is 7.66. The highest BCUT2D eigenvalue weighted by Crippen LogP contribution is 2.34. The molecule has 2 amide bonds. The number of amides is 2. The summed E-state index contributed by atoms with van der Waals surface area (Å²) in [5.74, 6) is -0.417. The average molecular weight is 525 g/mol. The number of carbonyl (C=O) groups excluding carboxylic acids is 2. The minimum atomic E-state index is -4.31. The predicted octanol–water partition coefficient (Wildman–Crippen LogP) is 5.22. The maximum atomic E-state index is 12.8. The van der Waals surface area contributed by atoms with E-state index in [1.165, 1.54) is 48.2 Å². The molecule has 9 nitrogen and oxygen atoms in total. The molecule has 0 aromatic heterocycles. The highest BCUT2D eigenvalue weighted by Gasteiger charge is 2.35. The maximum absolute atomic E-state index is 12.8. The lowest BCUT2D eigenvalue weighted by atomic mass is 10.1. The fraction of sp³-hybridized carbons (Fsp3) is 0.120. The van der Waals surface area contributed by atoms with Crippen molar-refractivity contribution in [2.24, 2.45) is 0 Å². The standard InChI is InChI=1S/C25H20N2O7S2/c1-16-5-3-4-6-19(16)15-26-24(28)23(35-25(26)29)13-18-8-10-20(11-9-18)34-36(32,33)21-12-7-17(2)22(14-21)27(30)31/h3-14H,15H2,1-2H3/b23-13-. The summed E-state index contributed by atoms with van der Waals surface area (Å²) in [6, 6.07) is 16.9. The Balaban J connectivity index is 1.49. The topological polar surface area (TPSA) is 124 Å². The molecule has 0 bridgehead atoms. The molecule has 184 valence electrons. The molecule has 1 heterocycles. The molecule has 11 heteroatoms. The Labute approximate surface area is 211 Å². The zero-order valence-electron chi connectivity index (χ0n) is 19.2. The first-order valence-corrected chi connectivity index (χ1v) is 12.9. The molecule has 0 spiro atoms. The number of nitrogens with zero attached hydrogens (tertiary/aromatic N) is 2. The van der Waals surface area contributed by atoms with Gasteiger partial charge in [-0.15, -0.1) is 0 Å². The normalized spacial score (nSPS) is 14.9. The summed E-state index contributed by atoms with van der Waals surface area (Å²) in [6.07, 6.45) is 1.55. The molecule has 0 atom stereocenters. The van der Waals surface area contributed by atoms with Crippen molar-refractivity contribution in [3.63, 3.8) is 0 Å². The Hall–Kier alpha value is -3.96. The average Bonchev–Trinajstić information content (AvgIpc) is 3.08. The van der Waals surface area contributed by atoms with Crippen LogP contribution in [-0.2, 0) is 21.5 Å². The van der Waals surface area contributed by atoms with E-state index in [-0.39, 0.29) is 33.0 Å². The quantitative estimate of drug-likeness (QED) is 0.178. The molecule has 1 saturated heterocycles. The van der Waals surface area contributed by atoms with Crippen molar-refractivity contribution < 1.29 is 27.1 Å². The van der Waals surface area contributed by atoms with Crippen molar-refractivity contribution in [3.05, 3.63) is 104 Å². The molecular weight excluding hydrogens is 504 g/mol. The number of imide groups is 1. The largest absolute Gasteiger partial charge is 0.379 e. The zero-order chi connectivity index (χ0) is 26.0. The van der Waals surface area contributed by atoms with E-state index in [1.807, 2.05) is 31.2 Å². The molecule has 0 unspecified atom stereocenters. The molecule has 0 radical (unpaired) electrons. The molecule has 1 fully saturated rings. The van der Waals surface area contributed by atoms with Gasteiger partial charge in [0.05, 0.1) is 16.4 Å². The van der Waals surface area contributed by atoms with Crippen LogP contribution in [0.2, 0.25) is 0 Å². The first-order chi connectivity index (χ1) is 17.0. The number of hydrogen-bond donors (Lipinski definition) is 0. The van der Waals surface area contributed by atoms with Gasteiger partial charge in [-0.3, -0.25) is 24.6 Å². The third kappa shape index (κ3) is 5.31. The van der Waals surface area contributed by atoms with Gasteiger partial charge in [0.2, 0.25) is 0 Å². The summed E-state index contributed by atoms with van der Waals surface area (Å²) in [5.41, 5.74) is 2.42. The summed E-state index contributed by atoms with van der Waals surface area (Å²) in [6.45, 7) is 3.59. The minimum absolute atomic E-state index is 0.0111. The van der Waals surface area contributed by atoms with Crippen LogP contribution in [0, 0.1) is 24.0 Å². The van der Waals surface area contributed by atoms with Crippen LogP contribution in [-0.4, -0.2) is 29.4 Å². The Bertz CT molecular complexity index is 1510. The first-order valence-electron chi connectivity index (χ1n) is 10.6. The second kappa shape index (κ2) is 9.96. The van der Waals surface area contributed by atoms with Gasteiger partial charge in [0.15, 0.2) is 0 Å².